The van der Waals surface area contributed by atoms with Gasteiger partial charge in [-0.3, -0.25) is 5.10 Å². The quantitative estimate of drug-likeness (QED) is 0.536. The van der Waals surface area contributed by atoms with E-state index in [-0.39, 0.29) is 11.2 Å². The number of H-pyrrole nitrogens is 1. The van der Waals surface area contributed by atoms with Crippen molar-refractivity contribution in [2.45, 2.75) is 18.3 Å². The van der Waals surface area contributed by atoms with E-state index in [9.17, 15) is 4.39 Å². The molecule has 3 aromatic heterocycles. The van der Waals surface area contributed by atoms with Gasteiger partial charge in [0.2, 0.25) is 0 Å². The Morgan fingerprint density at radius 1 is 1.07 bits per heavy atom. The van der Waals surface area contributed by atoms with Crippen molar-refractivity contribution in [2.24, 2.45) is 0 Å². The van der Waals surface area contributed by atoms with Crippen molar-refractivity contribution >= 4 is 22.5 Å². The zero-order valence-corrected chi connectivity index (χ0v) is 16.3. The number of rotatable bonds is 2. The molecule has 2 aliphatic heterocycles. The highest BCUT2D eigenvalue weighted by molar-refractivity contribution is 5.91. The van der Waals surface area contributed by atoms with E-state index in [2.05, 4.69) is 30.4 Å². The summed E-state index contributed by atoms with van der Waals surface area (Å²) in [7, 11) is 0. The van der Waals surface area contributed by atoms with Gasteiger partial charge in [-0.2, -0.15) is 5.10 Å². The van der Waals surface area contributed by atoms with Crippen LogP contribution in [0.5, 0.6) is 0 Å². The third-order valence-electron chi connectivity index (χ3n) is 6.35. The van der Waals surface area contributed by atoms with Gasteiger partial charge in [0.05, 0.1) is 17.4 Å². The van der Waals surface area contributed by atoms with Gasteiger partial charge in [0.25, 0.3) is 0 Å². The second kappa shape index (κ2) is 6.56. The maximum atomic E-state index is 14.2. The van der Waals surface area contributed by atoms with Crippen molar-refractivity contribution in [1.82, 2.24) is 30.5 Å². The molecule has 6 rings (SSSR count). The summed E-state index contributed by atoms with van der Waals surface area (Å²) in [6.07, 6.45) is 7.08. The van der Waals surface area contributed by atoms with E-state index in [4.69, 9.17) is 4.98 Å². The van der Waals surface area contributed by atoms with Gasteiger partial charge < -0.3 is 10.2 Å². The van der Waals surface area contributed by atoms with Gasteiger partial charge in [-0.05, 0) is 61.8 Å². The zero-order chi connectivity index (χ0) is 20.1. The minimum Gasteiger partial charge on any atom is -0.323 e. The number of pyridine rings is 1. The molecule has 5 heterocycles. The molecule has 0 atom stereocenters. The van der Waals surface area contributed by atoms with Crippen molar-refractivity contribution in [3.8, 4) is 11.3 Å². The molecule has 0 bridgehead atoms. The fourth-order valence-electron chi connectivity index (χ4n) is 4.84. The molecule has 4 aromatic rings. The number of nitrogens with one attached hydrogen (secondary N) is 2. The minimum atomic E-state index is -0.193. The third-order valence-corrected chi connectivity index (χ3v) is 6.35. The summed E-state index contributed by atoms with van der Waals surface area (Å²) in [5.41, 5.74) is 5.23. The molecule has 0 saturated carbocycles. The van der Waals surface area contributed by atoms with Crippen LogP contribution in [0.15, 0.2) is 49.1 Å². The van der Waals surface area contributed by atoms with E-state index in [1.807, 2.05) is 24.4 Å². The summed E-state index contributed by atoms with van der Waals surface area (Å²) >= 11 is 0. The normalized spacial score (nSPS) is 17.6. The zero-order valence-electron chi connectivity index (χ0n) is 16.3. The number of halogens is 1. The maximum absolute atomic E-state index is 14.2. The SMILES string of the molecule is Fc1ccc2c(c1)C1(CCNCC1)CN2c1ncnc2ccc(-c3cn[nH]c3)nc12. The predicted molar refractivity (Wildman–Crippen MR) is 112 cm³/mol. The van der Waals surface area contributed by atoms with Gasteiger partial charge in [-0.1, -0.05) is 0 Å². The molecule has 0 radical (unpaired) electrons. The average Bonchev–Trinajstić information content (AvgIpc) is 3.41. The lowest BCUT2D eigenvalue weighted by atomic mass is 9.75. The Bertz CT molecular complexity index is 1230. The summed E-state index contributed by atoms with van der Waals surface area (Å²) in [5, 5.41) is 10.3. The number of fused-ring (bicyclic) bond motifs is 3. The number of aromatic amines is 1. The van der Waals surface area contributed by atoms with Crippen molar-refractivity contribution in [2.75, 3.05) is 24.5 Å². The molecule has 0 unspecified atom stereocenters. The van der Waals surface area contributed by atoms with E-state index in [1.54, 1.807) is 18.6 Å². The highest BCUT2D eigenvalue weighted by atomic mass is 19.1. The molecule has 150 valence electrons. The monoisotopic (exact) mass is 401 g/mol. The van der Waals surface area contributed by atoms with Gasteiger partial charge in [0.1, 0.15) is 17.7 Å². The Morgan fingerprint density at radius 2 is 1.97 bits per heavy atom. The number of hydrogen-bond donors (Lipinski definition) is 2. The Kier molecular flexibility index (Phi) is 3.82. The first-order chi connectivity index (χ1) is 14.7. The number of hydrogen-bond acceptors (Lipinski definition) is 6. The highest BCUT2D eigenvalue weighted by Gasteiger charge is 2.44. The van der Waals surface area contributed by atoms with Crippen molar-refractivity contribution in [1.29, 1.82) is 0 Å². The lowest BCUT2D eigenvalue weighted by Crippen LogP contribution is -2.42. The largest absolute Gasteiger partial charge is 0.323 e. The summed E-state index contributed by atoms with van der Waals surface area (Å²) < 4.78 is 14.2. The molecule has 7 nitrogen and oxygen atoms in total. The molecule has 0 amide bonds. The van der Waals surface area contributed by atoms with Gasteiger partial charge in [0, 0.05) is 29.4 Å². The number of aromatic nitrogens is 5. The van der Waals surface area contributed by atoms with Crippen molar-refractivity contribution in [3.05, 3.63) is 60.4 Å². The number of nitrogens with zero attached hydrogens (tertiary/aromatic N) is 5. The molecule has 30 heavy (non-hydrogen) atoms. The van der Waals surface area contributed by atoms with E-state index in [0.717, 1.165) is 71.8 Å². The molecular formula is C22H20FN7. The smallest absolute Gasteiger partial charge is 0.163 e. The van der Waals surface area contributed by atoms with Crippen LogP contribution in [0, 0.1) is 5.82 Å². The van der Waals surface area contributed by atoms with Crippen molar-refractivity contribution in [3.63, 3.8) is 0 Å². The minimum absolute atomic E-state index is 0.0812. The second-order valence-corrected chi connectivity index (χ2v) is 8.03. The van der Waals surface area contributed by atoms with E-state index < -0.39 is 0 Å². The van der Waals surface area contributed by atoms with E-state index in [0.29, 0.717) is 0 Å². The van der Waals surface area contributed by atoms with Gasteiger partial charge in [-0.15, -0.1) is 0 Å². The predicted octanol–water partition coefficient (Wildman–Crippen LogP) is 3.33. The van der Waals surface area contributed by atoms with Crippen molar-refractivity contribution < 1.29 is 4.39 Å². The first-order valence-corrected chi connectivity index (χ1v) is 10.1. The van der Waals surface area contributed by atoms with Crippen LogP contribution in [0.25, 0.3) is 22.3 Å². The average molecular weight is 401 g/mol. The second-order valence-electron chi connectivity index (χ2n) is 8.03. The molecule has 8 heteroatoms. The highest BCUT2D eigenvalue weighted by Crippen LogP contribution is 2.49. The lowest BCUT2D eigenvalue weighted by molar-refractivity contribution is 0.328. The Hall–Kier alpha value is -3.39. The van der Waals surface area contributed by atoms with Crippen LogP contribution in [0.1, 0.15) is 18.4 Å². The topological polar surface area (TPSA) is 82.6 Å². The summed E-state index contributed by atoms with van der Waals surface area (Å²) in [6.45, 7) is 2.62. The Balaban J connectivity index is 1.53. The standard InChI is InChI=1S/C22H20FN7/c23-15-1-4-19-16(9-15)22(5-7-24-8-6-22)12-30(19)21-20-18(25-13-26-21)3-2-17(29-20)14-10-27-28-11-14/h1-4,9-11,13,24H,5-8,12H2,(H,27,28). The van der Waals surface area contributed by atoms with Crippen LogP contribution < -0.4 is 10.2 Å². The van der Waals surface area contributed by atoms with E-state index in [1.165, 1.54) is 6.07 Å². The first kappa shape index (κ1) is 17.5. The van der Waals surface area contributed by atoms with Crippen LogP contribution in [0.4, 0.5) is 15.9 Å². The van der Waals surface area contributed by atoms with Crippen LogP contribution in [-0.4, -0.2) is 44.8 Å². The number of piperidine rings is 1. The molecular weight excluding hydrogens is 381 g/mol. The number of benzene rings is 1. The number of anilines is 2. The Labute approximate surface area is 172 Å². The molecule has 0 aliphatic carbocycles. The van der Waals surface area contributed by atoms with Crippen LogP contribution in [0.2, 0.25) is 0 Å². The van der Waals surface area contributed by atoms with Crippen LogP contribution >= 0.6 is 0 Å². The van der Waals surface area contributed by atoms with Gasteiger partial charge in [-0.25, -0.2) is 19.3 Å². The van der Waals surface area contributed by atoms with Gasteiger partial charge >= 0.3 is 0 Å². The molecule has 2 aliphatic rings. The molecule has 1 fully saturated rings. The molecule has 2 N–H and O–H groups in total. The molecule has 1 aromatic carbocycles. The summed E-state index contributed by atoms with van der Waals surface area (Å²) in [5.74, 6) is 0.565. The van der Waals surface area contributed by atoms with Crippen LogP contribution in [-0.2, 0) is 5.41 Å². The summed E-state index contributed by atoms with van der Waals surface area (Å²) in [4.78, 5) is 16.1. The molecule has 1 saturated heterocycles. The van der Waals surface area contributed by atoms with Gasteiger partial charge in [0.15, 0.2) is 5.82 Å². The molecule has 1 spiro atoms. The fourth-order valence-corrected chi connectivity index (χ4v) is 4.84. The fraction of sp³-hybridized carbons (Fsp3) is 0.273. The van der Waals surface area contributed by atoms with Crippen LogP contribution in [0.3, 0.4) is 0 Å². The lowest BCUT2D eigenvalue weighted by Gasteiger charge is -2.34. The van der Waals surface area contributed by atoms with E-state index >= 15 is 0 Å². The third kappa shape index (κ3) is 2.60. The Morgan fingerprint density at radius 3 is 2.80 bits per heavy atom. The maximum Gasteiger partial charge on any atom is 0.163 e. The first-order valence-electron chi connectivity index (χ1n) is 10.1. The summed E-state index contributed by atoms with van der Waals surface area (Å²) in [6, 6.07) is 8.99.